The highest BCUT2D eigenvalue weighted by molar-refractivity contribution is 5.89. The number of rotatable bonds is 8. The Hall–Kier alpha value is -3.19. The monoisotopic (exact) mass is 567 g/mol. The number of nitrogens with one attached hydrogen (secondary N) is 1. The van der Waals surface area contributed by atoms with Crippen LogP contribution in [0.25, 0.3) is 0 Å². The molecule has 1 aromatic rings. The summed E-state index contributed by atoms with van der Waals surface area (Å²) in [4.78, 5) is 46.3. The molecule has 2 aliphatic carbocycles. The van der Waals surface area contributed by atoms with Crippen LogP contribution >= 0.6 is 0 Å². The Bertz CT molecular complexity index is 1200. The van der Waals surface area contributed by atoms with E-state index in [0.717, 1.165) is 50.5 Å². The van der Waals surface area contributed by atoms with Gasteiger partial charge in [-0.15, -0.1) is 0 Å². The first-order chi connectivity index (χ1) is 19.4. The van der Waals surface area contributed by atoms with Gasteiger partial charge in [0.2, 0.25) is 11.8 Å². The van der Waals surface area contributed by atoms with Crippen LogP contribution in [-0.4, -0.2) is 81.5 Å². The Kier molecular flexibility index (Phi) is 8.03. The van der Waals surface area contributed by atoms with Gasteiger partial charge in [-0.25, -0.2) is 9.18 Å². The third-order valence-electron chi connectivity index (χ3n) is 9.00. The average Bonchev–Trinajstić information content (AvgIpc) is 3.59. The van der Waals surface area contributed by atoms with Gasteiger partial charge in [0.05, 0.1) is 17.6 Å². The van der Waals surface area contributed by atoms with Gasteiger partial charge in [0.15, 0.2) is 0 Å². The first-order valence-electron chi connectivity index (χ1n) is 15.0. The van der Waals surface area contributed by atoms with Crippen LogP contribution in [0, 0.1) is 17.1 Å². The first kappa shape index (κ1) is 29.3. The lowest BCUT2D eigenvalue weighted by Crippen LogP contribution is -2.62. The van der Waals surface area contributed by atoms with E-state index in [1.807, 2.05) is 17.0 Å². The van der Waals surface area contributed by atoms with Crippen LogP contribution in [0.3, 0.4) is 0 Å². The zero-order valence-electron chi connectivity index (χ0n) is 24.6. The number of alkyl carbamates (subject to hydrolysis) is 1. The maximum absolute atomic E-state index is 14.0. The maximum atomic E-state index is 14.0. The van der Waals surface area contributed by atoms with Crippen molar-refractivity contribution >= 4 is 17.9 Å². The lowest BCUT2D eigenvalue weighted by atomic mass is 9.74. The van der Waals surface area contributed by atoms with Gasteiger partial charge in [-0.05, 0) is 77.5 Å². The number of carbonyl (C=O) groups excluding carboxylic acids is 3. The van der Waals surface area contributed by atoms with Gasteiger partial charge in [-0.1, -0.05) is 31.4 Å². The van der Waals surface area contributed by atoms with Crippen LogP contribution in [0.15, 0.2) is 24.3 Å². The van der Waals surface area contributed by atoms with Gasteiger partial charge >= 0.3 is 6.09 Å². The molecule has 222 valence electrons. The van der Waals surface area contributed by atoms with Crippen molar-refractivity contribution in [2.24, 2.45) is 0 Å². The number of hydrogen-bond donors (Lipinski definition) is 1. The van der Waals surface area contributed by atoms with E-state index in [-0.39, 0.29) is 36.3 Å². The van der Waals surface area contributed by atoms with E-state index in [1.54, 1.807) is 32.6 Å². The zero-order chi connectivity index (χ0) is 29.5. The summed E-state index contributed by atoms with van der Waals surface area (Å²) in [7, 11) is 0. The number of ether oxygens (including phenoxy) is 1. The third-order valence-corrected chi connectivity index (χ3v) is 9.00. The van der Waals surface area contributed by atoms with Crippen molar-refractivity contribution < 1.29 is 23.5 Å². The molecule has 5 rings (SSSR count). The van der Waals surface area contributed by atoms with Crippen molar-refractivity contribution in [3.8, 4) is 6.07 Å². The molecule has 2 aliphatic heterocycles. The smallest absolute Gasteiger partial charge is 0.408 e. The Morgan fingerprint density at radius 2 is 1.85 bits per heavy atom. The molecule has 2 bridgehead atoms. The molecule has 2 saturated carbocycles. The predicted octanol–water partition coefficient (Wildman–Crippen LogP) is 4.07. The molecular weight excluding hydrogens is 525 g/mol. The summed E-state index contributed by atoms with van der Waals surface area (Å²) < 4.78 is 19.3. The van der Waals surface area contributed by atoms with Crippen LogP contribution in [0.2, 0.25) is 0 Å². The largest absolute Gasteiger partial charge is 0.444 e. The number of carbonyl (C=O) groups is 3. The molecule has 2 heterocycles. The summed E-state index contributed by atoms with van der Waals surface area (Å²) in [6.07, 6.45) is 6.41. The summed E-state index contributed by atoms with van der Waals surface area (Å²) in [5, 5.41) is 12.4. The Morgan fingerprint density at radius 3 is 2.41 bits per heavy atom. The van der Waals surface area contributed by atoms with Gasteiger partial charge in [0.1, 0.15) is 23.5 Å². The van der Waals surface area contributed by atoms with E-state index in [4.69, 9.17) is 4.74 Å². The molecule has 4 atom stereocenters. The summed E-state index contributed by atoms with van der Waals surface area (Å²) in [6, 6.07) is 6.71. The molecule has 4 fully saturated rings. The highest BCUT2D eigenvalue weighted by atomic mass is 19.1. The first-order valence-corrected chi connectivity index (χ1v) is 15.0. The van der Waals surface area contributed by atoms with E-state index >= 15 is 0 Å². The molecule has 0 radical (unpaired) electrons. The highest BCUT2D eigenvalue weighted by Gasteiger charge is 2.57. The van der Waals surface area contributed by atoms with Crippen LogP contribution in [0.5, 0.6) is 0 Å². The van der Waals surface area contributed by atoms with Crippen LogP contribution in [-0.2, 0) is 19.9 Å². The van der Waals surface area contributed by atoms with Crippen molar-refractivity contribution in [1.29, 1.82) is 5.26 Å². The van der Waals surface area contributed by atoms with Gasteiger partial charge in [0.25, 0.3) is 0 Å². The van der Waals surface area contributed by atoms with E-state index in [2.05, 4.69) is 16.3 Å². The standard InChI is InChI=1S/C31H42FN5O4/c1-20(17-33)36(23-12-13-23)27(38)25(34-29(40)41-30(2,3)4)19-35-18-24-16-26(35)28(39)37(24)31(14-6-5-7-15-31)21-8-10-22(32)11-9-21/h8-11,20,23-26H,5-7,12-16,18-19H2,1-4H3,(H,34,40)/t20?,24-,25?,26?/m0/s1. The molecule has 1 N–H and O–H groups in total. The van der Waals surface area contributed by atoms with Crippen molar-refractivity contribution in [2.75, 3.05) is 13.1 Å². The van der Waals surface area contributed by atoms with E-state index in [0.29, 0.717) is 13.0 Å². The number of nitriles is 1. The number of halogens is 1. The molecule has 10 heteroatoms. The fraction of sp³-hybridized carbons (Fsp3) is 0.677. The topological polar surface area (TPSA) is 106 Å². The number of piperazine rings is 1. The third kappa shape index (κ3) is 5.92. The quantitative estimate of drug-likeness (QED) is 0.508. The van der Waals surface area contributed by atoms with Gasteiger partial charge in [0, 0.05) is 25.2 Å². The summed E-state index contributed by atoms with van der Waals surface area (Å²) in [6.45, 7) is 7.70. The van der Waals surface area contributed by atoms with Crippen LogP contribution in [0.4, 0.5) is 9.18 Å². The minimum Gasteiger partial charge on any atom is -0.444 e. The predicted molar refractivity (Wildman–Crippen MR) is 150 cm³/mol. The minimum atomic E-state index is -0.956. The molecule has 0 aromatic heterocycles. The van der Waals surface area contributed by atoms with E-state index in [9.17, 15) is 24.0 Å². The maximum Gasteiger partial charge on any atom is 0.408 e. The zero-order valence-corrected chi connectivity index (χ0v) is 24.6. The van der Waals surface area contributed by atoms with Crippen LogP contribution in [0.1, 0.15) is 84.6 Å². The Morgan fingerprint density at radius 1 is 1.20 bits per heavy atom. The molecule has 2 saturated heterocycles. The number of likely N-dealkylation sites (tertiary alicyclic amines) is 2. The van der Waals surface area contributed by atoms with E-state index in [1.165, 1.54) is 12.1 Å². The summed E-state index contributed by atoms with van der Waals surface area (Å²) in [5.74, 6) is -0.589. The SMILES string of the molecule is CC(C#N)N(C(=O)C(CN1C[C@@H]2CC1C(=O)N2C1(c2ccc(F)cc2)CCCCC1)NC(=O)OC(C)(C)C)C1CC1. The summed E-state index contributed by atoms with van der Waals surface area (Å²) >= 11 is 0. The van der Waals surface area contributed by atoms with Gasteiger partial charge in [-0.2, -0.15) is 5.26 Å². The second kappa shape index (κ2) is 11.2. The lowest BCUT2D eigenvalue weighted by molar-refractivity contribution is -0.148. The number of benzene rings is 1. The van der Waals surface area contributed by atoms with Gasteiger partial charge in [-0.3, -0.25) is 14.5 Å². The second-order valence-corrected chi connectivity index (χ2v) is 13.1. The summed E-state index contributed by atoms with van der Waals surface area (Å²) in [5.41, 5.74) is -0.217. The van der Waals surface area contributed by atoms with Gasteiger partial charge < -0.3 is 19.9 Å². The second-order valence-electron chi connectivity index (χ2n) is 13.1. The fourth-order valence-corrected chi connectivity index (χ4v) is 7.14. The number of hydrogen-bond acceptors (Lipinski definition) is 6. The molecule has 4 aliphatic rings. The lowest BCUT2D eigenvalue weighted by Gasteiger charge is -2.50. The fourth-order valence-electron chi connectivity index (χ4n) is 7.14. The number of amides is 3. The van der Waals surface area contributed by atoms with Crippen molar-refractivity contribution in [3.63, 3.8) is 0 Å². The minimum absolute atomic E-state index is 0.0193. The van der Waals surface area contributed by atoms with Crippen molar-refractivity contribution in [3.05, 3.63) is 35.6 Å². The number of fused-ring (bicyclic) bond motifs is 2. The van der Waals surface area contributed by atoms with E-state index < -0.39 is 35.4 Å². The van der Waals surface area contributed by atoms with Crippen LogP contribution < -0.4 is 5.32 Å². The average molecular weight is 568 g/mol. The molecule has 0 spiro atoms. The Balaban J connectivity index is 1.37. The molecule has 1 aromatic carbocycles. The molecule has 3 amide bonds. The molecular formula is C31H42FN5O4. The molecule has 9 nitrogen and oxygen atoms in total. The van der Waals surface area contributed by atoms with Crippen molar-refractivity contribution in [2.45, 2.75) is 120 Å². The normalized spacial score (nSPS) is 25.4. The van der Waals surface area contributed by atoms with Crippen molar-refractivity contribution in [1.82, 2.24) is 20.0 Å². The Labute approximate surface area is 242 Å². The number of nitrogens with zero attached hydrogens (tertiary/aromatic N) is 4. The molecule has 3 unspecified atom stereocenters. The highest BCUT2D eigenvalue weighted by Crippen LogP contribution is 2.49. The molecule has 41 heavy (non-hydrogen) atoms.